The van der Waals surface area contributed by atoms with Gasteiger partial charge in [0.1, 0.15) is 12.1 Å². The summed E-state index contributed by atoms with van der Waals surface area (Å²) in [5.41, 5.74) is 0.811. The Labute approximate surface area is 294 Å². The van der Waals surface area contributed by atoms with Crippen LogP contribution in [0.3, 0.4) is 0 Å². The van der Waals surface area contributed by atoms with Gasteiger partial charge >= 0.3 is 0 Å². The predicted octanol–water partition coefficient (Wildman–Crippen LogP) is 4.27. The molecule has 0 radical (unpaired) electrons. The minimum absolute atomic E-state index is 0.0360. The number of hydrogen-bond acceptors (Lipinski definition) is 9. The summed E-state index contributed by atoms with van der Waals surface area (Å²) in [4.78, 5) is 37.9. The number of carbonyl (C=O) groups is 2. The molecule has 14 heteroatoms. The molecule has 50 heavy (non-hydrogen) atoms. The van der Waals surface area contributed by atoms with Crippen molar-refractivity contribution in [3.8, 4) is 5.88 Å². The molecule has 0 atom stereocenters. The Morgan fingerprint density at radius 1 is 1.12 bits per heavy atom. The fraction of sp³-hybridized carbons (Fsp3) is 0.556. The third-order valence-electron chi connectivity index (χ3n) is 9.71. The van der Waals surface area contributed by atoms with Crippen LogP contribution in [0.2, 0.25) is 0 Å². The van der Waals surface area contributed by atoms with Crippen LogP contribution in [0.25, 0.3) is 11.0 Å². The third kappa shape index (κ3) is 9.27. The van der Waals surface area contributed by atoms with Crippen LogP contribution in [0.1, 0.15) is 82.6 Å². The van der Waals surface area contributed by atoms with Crippen LogP contribution in [0.4, 0.5) is 5.95 Å². The second-order valence-electron chi connectivity index (χ2n) is 14.2. The Morgan fingerprint density at radius 2 is 1.84 bits per heavy atom. The van der Waals surface area contributed by atoms with Gasteiger partial charge in [0, 0.05) is 42.7 Å². The molecule has 1 aliphatic carbocycles. The zero-order chi connectivity index (χ0) is 36.1. The Morgan fingerprint density at radius 3 is 2.50 bits per heavy atom. The van der Waals surface area contributed by atoms with Gasteiger partial charge in [-0.25, -0.2) is 23.1 Å². The summed E-state index contributed by atoms with van der Waals surface area (Å²) in [6, 6.07) is 7.68. The summed E-state index contributed by atoms with van der Waals surface area (Å²) < 4.78 is 36.0. The van der Waals surface area contributed by atoms with Crippen molar-refractivity contribution in [1.82, 2.24) is 29.5 Å². The van der Waals surface area contributed by atoms with E-state index in [1.807, 2.05) is 38.3 Å². The molecule has 1 saturated heterocycles. The fourth-order valence-corrected chi connectivity index (χ4v) is 7.93. The van der Waals surface area contributed by atoms with Crippen molar-refractivity contribution in [2.24, 2.45) is 11.8 Å². The van der Waals surface area contributed by atoms with Gasteiger partial charge in [0.2, 0.25) is 27.8 Å². The second-order valence-corrected chi connectivity index (χ2v) is 16.0. The molecule has 1 aromatic carbocycles. The van der Waals surface area contributed by atoms with E-state index in [2.05, 4.69) is 31.8 Å². The highest BCUT2D eigenvalue weighted by atomic mass is 32.2. The minimum Gasteiger partial charge on any atom is -0.476 e. The number of carbonyl (C=O) groups excluding carboxylic acids is 2. The van der Waals surface area contributed by atoms with Gasteiger partial charge in [-0.2, -0.15) is 0 Å². The first kappa shape index (κ1) is 37.4. The summed E-state index contributed by atoms with van der Waals surface area (Å²) >= 11 is 0. The topological polar surface area (TPSA) is 168 Å². The number of likely N-dealkylation sites (tertiary alicyclic amines) is 1. The SMILES string of the molecule is C=CCNS(=O)(=O)c1cccc(C(=O)Nc2nc3cnc(OCCN4CCC(C(C)(C)O)CC4)cc3n2C2CCC(C(=O)NC(C)C)CC2)c1. The van der Waals surface area contributed by atoms with E-state index in [1.165, 1.54) is 24.3 Å². The van der Waals surface area contributed by atoms with Crippen molar-refractivity contribution < 1.29 is 27.9 Å². The summed E-state index contributed by atoms with van der Waals surface area (Å²) in [6.07, 6.45) is 7.73. The molecule has 4 N–H and O–H groups in total. The number of benzene rings is 1. The number of hydrogen-bond donors (Lipinski definition) is 4. The number of nitrogens with zero attached hydrogens (tertiary/aromatic N) is 4. The summed E-state index contributed by atoms with van der Waals surface area (Å²) in [6.45, 7) is 14.2. The average molecular weight is 710 g/mol. The third-order valence-corrected chi connectivity index (χ3v) is 11.1. The van der Waals surface area contributed by atoms with Crippen molar-refractivity contribution in [3.63, 3.8) is 0 Å². The van der Waals surface area contributed by atoms with E-state index in [9.17, 15) is 23.1 Å². The smallest absolute Gasteiger partial charge is 0.258 e. The van der Waals surface area contributed by atoms with Crippen molar-refractivity contribution in [2.75, 3.05) is 38.1 Å². The molecule has 0 spiro atoms. The van der Waals surface area contributed by atoms with E-state index in [0.717, 1.165) is 38.0 Å². The van der Waals surface area contributed by atoms with Crippen molar-refractivity contribution in [1.29, 1.82) is 0 Å². The molecule has 3 heterocycles. The number of ether oxygens (including phenoxy) is 1. The second kappa shape index (κ2) is 16.0. The highest BCUT2D eigenvalue weighted by Crippen LogP contribution is 2.37. The number of fused-ring (bicyclic) bond motifs is 1. The lowest BCUT2D eigenvalue weighted by Crippen LogP contribution is -2.43. The van der Waals surface area contributed by atoms with Crippen molar-refractivity contribution in [2.45, 2.75) is 88.8 Å². The molecule has 2 aromatic heterocycles. The molecule has 2 aliphatic rings. The van der Waals surface area contributed by atoms with Crippen LogP contribution in [0.5, 0.6) is 5.88 Å². The van der Waals surface area contributed by atoms with E-state index >= 15 is 0 Å². The van der Waals surface area contributed by atoms with Crippen LogP contribution < -0.4 is 20.1 Å². The summed E-state index contributed by atoms with van der Waals surface area (Å²) in [5, 5.41) is 16.3. The van der Waals surface area contributed by atoms with Gasteiger partial charge in [-0.3, -0.25) is 19.8 Å². The number of aliphatic hydroxyl groups is 1. The van der Waals surface area contributed by atoms with Crippen molar-refractivity contribution in [3.05, 3.63) is 54.7 Å². The molecule has 272 valence electrons. The van der Waals surface area contributed by atoms with Crippen LogP contribution >= 0.6 is 0 Å². The molecule has 0 unspecified atom stereocenters. The number of rotatable bonds is 14. The van der Waals surface area contributed by atoms with Gasteiger partial charge < -0.3 is 19.7 Å². The number of piperidine rings is 1. The largest absolute Gasteiger partial charge is 0.476 e. The van der Waals surface area contributed by atoms with Gasteiger partial charge in [0.15, 0.2) is 0 Å². The predicted molar refractivity (Wildman–Crippen MR) is 193 cm³/mol. The van der Waals surface area contributed by atoms with Crippen LogP contribution in [-0.4, -0.2) is 89.2 Å². The molecule has 2 amide bonds. The zero-order valence-corrected chi connectivity index (χ0v) is 30.3. The molecule has 13 nitrogen and oxygen atoms in total. The summed E-state index contributed by atoms with van der Waals surface area (Å²) in [5.74, 6) is 0.503. The molecule has 2 fully saturated rings. The molecule has 1 aliphatic heterocycles. The first-order chi connectivity index (χ1) is 23.7. The van der Waals surface area contributed by atoms with E-state index < -0.39 is 21.5 Å². The van der Waals surface area contributed by atoms with Crippen molar-refractivity contribution >= 4 is 38.8 Å². The van der Waals surface area contributed by atoms with Crippen LogP contribution in [0, 0.1) is 11.8 Å². The van der Waals surface area contributed by atoms with Gasteiger partial charge in [0.25, 0.3) is 5.91 Å². The normalized spacial score (nSPS) is 19.4. The molecular weight excluding hydrogens is 659 g/mol. The van der Waals surface area contributed by atoms with Crippen LogP contribution in [-0.2, 0) is 14.8 Å². The maximum absolute atomic E-state index is 13.6. The zero-order valence-electron chi connectivity index (χ0n) is 29.5. The maximum Gasteiger partial charge on any atom is 0.258 e. The standard InChI is InChI=1S/C36H51N7O6S/c1-6-16-38-50(47,48)29-9-7-8-26(21-29)34(45)41-35-40-30-23-37-32(49-20-19-42-17-14-27(15-18-42)36(4,5)46)22-31(30)43(35)28-12-10-25(11-13-28)33(44)39-24(2)3/h6-9,21-25,27-28,38,46H,1,10-20H2,2-5H3,(H,39,44)(H,40,41,45). The van der Waals surface area contributed by atoms with E-state index in [4.69, 9.17) is 9.72 Å². The lowest BCUT2D eigenvalue weighted by molar-refractivity contribution is -0.126. The number of imidazole rings is 1. The van der Waals surface area contributed by atoms with Crippen LogP contribution in [0.15, 0.2) is 54.1 Å². The van der Waals surface area contributed by atoms with Gasteiger partial charge in [-0.15, -0.1) is 6.58 Å². The van der Waals surface area contributed by atoms with E-state index in [-0.39, 0.29) is 46.8 Å². The molecule has 1 saturated carbocycles. The Hall–Kier alpha value is -3.85. The quantitative estimate of drug-likeness (QED) is 0.179. The number of aromatic nitrogens is 3. The Kier molecular flexibility index (Phi) is 12.0. The fourth-order valence-electron chi connectivity index (χ4n) is 6.89. The lowest BCUT2D eigenvalue weighted by atomic mass is 9.83. The molecular formula is C36H51N7O6S. The van der Waals surface area contributed by atoms with E-state index in [0.29, 0.717) is 49.6 Å². The molecule has 0 bridgehead atoms. The van der Waals surface area contributed by atoms with Gasteiger partial charge in [0.05, 0.1) is 22.2 Å². The number of sulfonamides is 1. The van der Waals surface area contributed by atoms with Gasteiger partial charge in [-0.1, -0.05) is 12.1 Å². The monoisotopic (exact) mass is 709 g/mol. The highest BCUT2D eigenvalue weighted by molar-refractivity contribution is 7.89. The Balaban J connectivity index is 1.35. The lowest BCUT2D eigenvalue weighted by Gasteiger charge is -2.37. The first-order valence-electron chi connectivity index (χ1n) is 17.5. The first-order valence-corrected chi connectivity index (χ1v) is 19.0. The maximum atomic E-state index is 13.6. The number of nitrogens with one attached hydrogen (secondary N) is 3. The summed E-state index contributed by atoms with van der Waals surface area (Å²) in [7, 11) is -3.84. The average Bonchev–Trinajstić information content (AvgIpc) is 3.44. The Bertz CT molecular complexity index is 1770. The highest BCUT2D eigenvalue weighted by Gasteiger charge is 2.32. The number of pyridine rings is 1. The van der Waals surface area contributed by atoms with Gasteiger partial charge in [-0.05, 0) is 103 Å². The number of amides is 2. The number of anilines is 1. The minimum atomic E-state index is -3.84. The van der Waals surface area contributed by atoms with E-state index in [1.54, 1.807) is 12.3 Å². The molecule has 5 rings (SSSR count). The molecule has 3 aromatic rings.